The van der Waals surface area contributed by atoms with E-state index in [9.17, 15) is 9.59 Å². The van der Waals surface area contributed by atoms with Crippen molar-refractivity contribution in [1.29, 1.82) is 0 Å². The Kier molecular flexibility index (Phi) is 9.06. The van der Waals surface area contributed by atoms with Gasteiger partial charge in [-0.15, -0.1) is 0 Å². The Morgan fingerprint density at radius 3 is 2.22 bits per heavy atom. The first-order valence-electron chi connectivity index (χ1n) is 12.5. The number of aryl methyl sites for hydroxylation is 1. The standard InChI is InChI=1S/C30H32Cl2N2O2/c1-21-11-13-23(14-12-21)20-34(29(35)19-24-15-16-26(31)27(32)17-24)28(18-22-7-3-2-4-8-22)30(36)33-25-9-5-6-10-25/h2-4,7-8,11-17,25,28H,5-6,9-10,18-20H2,1H3,(H,33,36). The number of rotatable bonds is 9. The van der Waals surface area contributed by atoms with E-state index >= 15 is 0 Å². The van der Waals surface area contributed by atoms with Gasteiger partial charge in [0.05, 0.1) is 16.5 Å². The second kappa shape index (κ2) is 12.4. The molecule has 1 saturated carbocycles. The minimum absolute atomic E-state index is 0.0969. The molecule has 3 aromatic carbocycles. The maximum Gasteiger partial charge on any atom is 0.243 e. The lowest BCUT2D eigenvalue weighted by Gasteiger charge is -2.32. The van der Waals surface area contributed by atoms with E-state index in [1.54, 1.807) is 23.1 Å². The van der Waals surface area contributed by atoms with Gasteiger partial charge in [0.25, 0.3) is 0 Å². The molecule has 4 rings (SSSR count). The fourth-order valence-electron chi connectivity index (χ4n) is 4.74. The molecule has 0 bridgehead atoms. The first kappa shape index (κ1) is 26.2. The molecule has 3 aromatic rings. The number of amides is 2. The highest BCUT2D eigenvalue weighted by molar-refractivity contribution is 6.42. The molecule has 6 heteroatoms. The van der Waals surface area contributed by atoms with E-state index in [0.717, 1.165) is 47.9 Å². The zero-order valence-electron chi connectivity index (χ0n) is 20.6. The average molecular weight is 524 g/mol. The van der Waals surface area contributed by atoms with Crippen LogP contribution in [0, 0.1) is 6.92 Å². The van der Waals surface area contributed by atoms with E-state index in [2.05, 4.69) is 5.32 Å². The number of benzene rings is 3. The van der Waals surface area contributed by atoms with Crippen molar-refractivity contribution >= 4 is 35.0 Å². The Morgan fingerprint density at radius 1 is 0.889 bits per heavy atom. The normalized spacial score (nSPS) is 14.4. The largest absolute Gasteiger partial charge is 0.352 e. The second-order valence-electron chi connectivity index (χ2n) is 9.63. The van der Waals surface area contributed by atoms with Crippen molar-refractivity contribution in [3.8, 4) is 0 Å². The summed E-state index contributed by atoms with van der Waals surface area (Å²) in [7, 11) is 0. The van der Waals surface area contributed by atoms with Crippen molar-refractivity contribution in [2.75, 3.05) is 0 Å². The number of carbonyl (C=O) groups is 2. The topological polar surface area (TPSA) is 49.4 Å². The van der Waals surface area contributed by atoms with Crippen LogP contribution >= 0.6 is 23.2 Å². The predicted molar refractivity (Wildman–Crippen MR) is 146 cm³/mol. The van der Waals surface area contributed by atoms with E-state index in [-0.39, 0.29) is 24.3 Å². The second-order valence-corrected chi connectivity index (χ2v) is 10.4. The number of nitrogens with zero attached hydrogens (tertiary/aromatic N) is 1. The molecule has 36 heavy (non-hydrogen) atoms. The third kappa shape index (κ3) is 7.11. The highest BCUT2D eigenvalue weighted by atomic mass is 35.5. The number of hydrogen-bond acceptors (Lipinski definition) is 2. The Balaban J connectivity index is 1.66. The summed E-state index contributed by atoms with van der Waals surface area (Å²) in [6.45, 7) is 2.38. The zero-order chi connectivity index (χ0) is 25.5. The van der Waals surface area contributed by atoms with Gasteiger partial charge in [-0.3, -0.25) is 9.59 Å². The Hall–Kier alpha value is -2.82. The third-order valence-electron chi connectivity index (χ3n) is 6.79. The van der Waals surface area contributed by atoms with Crippen molar-refractivity contribution < 1.29 is 9.59 Å². The molecule has 188 valence electrons. The van der Waals surface area contributed by atoms with Crippen LogP contribution < -0.4 is 5.32 Å². The van der Waals surface area contributed by atoms with Crippen molar-refractivity contribution in [2.45, 2.75) is 64.1 Å². The number of carbonyl (C=O) groups excluding carboxylic acids is 2. The van der Waals surface area contributed by atoms with Gasteiger partial charge in [-0.1, -0.05) is 102 Å². The molecular formula is C30H32Cl2N2O2. The summed E-state index contributed by atoms with van der Waals surface area (Å²) in [6.07, 6.45) is 4.79. The van der Waals surface area contributed by atoms with Crippen LogP contribution in [0.4, 0.5) is 0 Å². The molecule has 1 aliphatic rings. The first-order chi connectivity index (χ1) is 17.4. The van der Waals surface area contributed by atoms with Gasteiger partial charge in [0, 0.05) is 19.0 Å². The predicted octanol–water partition coefficient (Wildman–Crippen LogP) is 6.54. The average Bonchev–Trinajstić information content (AvgIpc) is 3.38. The highest BCUT2D eigenvalue weighted by Crippen LogP contribution is 2.24. The summed E-state index contributed by atoms with van der Waals surface area (Å²) in [5.41, 5.74) is 3.90. The maximum absolute atomic E-state index is 13.8. The summed E-state index contributed by atoms with van der Waals surface area (Å²) in [5.74, 6) is -0.225. The number of hydrogen-bond donors (Lipinski definition) is 1. The van der Waals surface area contributed by atoms with Gasteiger partial charge >= 0.3 is 0 Å². The van der Waals surface area contributed by atoms with E-state index in [1.807, 2.05) is 61.5 Å². The summed E-state index contributed by atoms with van der Waals surface area (Å²) < 4.78 is 0. The van der Waals surface area contributed by atoms with E-state index < -0.39 is 6.04 Å². The summed E-state index contributed by atoms with van der Waals surface area (Å²) >= 11 is 12.3. The van der Waals surface area contributed by atoms with Crippen LogP contribution in [0.1, 0.15) is 47.9 Å². The summed E-state index contributed by atoms with van der Waals surface area (Å²) in [5, 5.41) is 4.09. The Labute approximate surface area is 223 Å². The molecule has 1 N–H and O–H groups in total. The van der Waals surface area contributed by atoms with Crippen LogP contribution in [0.2, 0.25) is 10.0 Å². The lowest BCUT2D eigenvalue weighted by atomic mass is 10.0. The molecule has 1 fully saturated rings. The quantitative estimate of drug-likeness (QED) is 0.346. The van der Waals surface area contributed by atoms with Crippen LogP contribution in [-0.4, -0.2) is 28.8 Å². The molecule has 0 aliphatic heterocycles. The third-order valence-corrected chi connectivity index (χ3v) is 7.52. The molecule has 0 aromatic heterocycles. The molecule has 2 amide bonds. The monoisotopic (exact) mass is 522 g/mol. The number of halogens is 2. The molecule has 0 heterocycles. The van der Waals surface area contributed by atoms with Crippen LogP contribution in [-0.2, 0) is 29.0 Å². The molecule has 4 nitrogen and oxygen atoms in total. The lowest BCUT2D eigenvalue weighted by molar-refractivity contribution is -0.141. The van der Waals surface area contributed by atoms with Gasteiger partial charge in [0.1, 0.15) is 6.04 Å². The molecular weight excluding hydrogens is 491 g/mol. The fourth-order valence-corrected chi connectivity index (χ4v) is 5.06. The summed E-state index contributed by atoms with van der Waals surface area (Å²) in [4.78, 5) is 29.3. The Bertz CT molecular complexity index is 1180. The van der Waals surface area contributed by atoms with Gasteiger partial charge in [-0.25, -0.2) is 0 Å². The Morgan fingerprint density at radius 2 is 1.56 bits per heavy atom. The molecule has 1 aliphatic carbocycles. The van der Waals surface area contributed by atoms with Crippen LogP contribution in [0.5, 0.6) is 0 Å². The maximum atomic E-state index is 13.8. The fraction of sp³-hybridized carbons (Fsp3) is 0.333. The number of nitrogens with one attached hydrogen (secondary N) is 1. The summed E-state index contributed by atoms with van der Waals surface area (Å²) in [6, 6.07) is 22.7. The van der Waals surface area contributed by atoms with Gasteiger partial charge in [-0.2, -0.15) is 0 Å². The van der Waals surface area contributed by atoms with Crippen molar-refractivity contribution in [2.24, 2.45) is 0 Å². The van der Waals surface area contributed by atoms with Gasteiger partial charge in [0.15, 0.2) is 0 Å². The van der Waals surface area contributed by atoms with Crippen LogP contribution in [0.15, 0.2) is 72.8 Å². The minimum Gasteiger partial charge on any atom is -0.352 e. The molecule has 0 radical (unpaired) electrons. The van der Waals surface area contributed by atoms with Crippen molar-refractivity contribution in [3.05, 3.63) is 105 Å². The van der Waals surface area contributed by atoms with E-state index in [0.29, 0.717) is 23.0 Å². The highest BCUT2D eigenvalue weighted by Gasteiger charge is 2.32. The molecule has 0 spiro atoms. The molecule has 1 unspecified atom stereocenters. The zero-order valence-corrected chi connectivity index (χ0v) is 22.1. The smallest absolute Gasteiger partial charge is 0.243 e. The molecule has 1 atom stereocenters. The van der Waals surface area contributed by atoms with Gasteiger partial charge < -0.3 is 10.2 Å². The lowest BCUT2D eigenvalue weighted by Crippen LogP contribution is -2.52. The van der Waals surface area contributed by atoms with Crippen LogP contribution in [0.25, 0.3) is 0 Å². The van der Waals surface area contributed by atoms with E-state index in [1.165, 1.54) is 0 Å². The minimum atomic E-state index is -0.635. The van der Waals surface area contributed by atoms with Gasteiger partial charge in [0.2, 0.25) is 11.8 Å². The van der Waals surface area contributed by atoms with Gasteiger partial charge in [-0.05, 0) is 48.6 Å². The molecule has 0 saturated heterocycles. The van der Waals surface area contributed by atoms with E-state index in [4.69, 9.17) is 23.2 Å². The first-order valence-corrected chi connectivity index (χ1v) is 13.3. The van der Waals surface area contributed by atoms with Crippen molar-refractivity contribution in [3.63, 3.8) is 0 Å². The SMILES string of the molecule is Cc1ccc(CN(C(=O)Cc2ccc(Cl)c(Cl)c2)C(Cc2ccccc2)C(=O)NC2CCCC2)cc1. The van der Waals surface area contributed by atoms with Crippen LogP contribution in [0.3, 0.4) is 0 Å². The van der Waals surface area contributed by atoms with Crippen molar-refractivity contribution in [1.82, 2.24) is 10.2 Å².